The summed E-state index contributed by atoms with van der Waals surface area (Å²) < 4.78 is 11.3. The van der Waals surface area contributed by atoms with Crippen LogP contribution >= 0.6 is 11.8 Å². The molecule has 0 aliphatic carbocycles. The zero-order chi connectivity index (χ0) is 19.4. The first kappa shape index (κ1) is 19.7. The molecule has 2 aromatic rings. The lowest BCUT2D eigenvalue weighted by Gasteiger charge is -2.39. The van der Waals surface area contributed by atoms with E-state index in [1.165, 1.54) is 18.2 Å². The molecule has 2 atom stereocenters. The van der Waals surface area contributed by atoms with Crippen molar-refractivity contribution >= 4 is 17.7 Å². The zero-order valence-corrected chi connectivity index (χ0v) is 17.2. The van der Waals surface area contributed by atoms with E-state index in [9.17, 15) is 4.79 Å². The lowest BCUT2D eigenvalue weighted by Crippen LogP contribution is -2.48. The molecule has 0 N–H and O–H groups in total. The third kappa shape index (κ3) is 5.25. The van der Waals surface area contributed by atoms with Crippen LogP contribution in [0.4, 0.5) is 0 Å². The lowest BCUT2D eigenvalue weighted by molar-refractivity contribution is -0.134. The highest BCUT2D eigenvalue weighted by Crippen LogP contribution is 2.25. The van der Waals surface area contributed by atoms with Gasteiger partial charge in [-0.05, 0) is 70.2 Å². The van der Waals surface area contributed by atoms with Gasteiger partial charge in [-0.15, -0.1) is 10.2 Å². The molecule has 2 unspecified atom stereocenters. The molecule has 6 nitrogen and oxygen atoms in total. The van der Waals surface area contributed by atoms with Crippen LogP contribution in [0.2, 0.25) is 0 Å². The maximum atomic E-state index is 12.6. The number of aromatic nitrogens is 2. The summed E-state index contributed by atoms with van der Waals surface area (Å²) in [5.74, 6) is 1.63. The van der Waals surface area contributed by atoms with Crippen molar-refractivity contribution in [2.24, 2.45) is 0 Å². The van der Waals surface area contributed by atoms with E-state index in [4.69, 9.17) is 9.15 Å². The minimum absolute atomic E-state index is 0.130. The van der Waals surface area contributed by atoms with E-state index >= 15 is 0 Å². The molecular weight excluding hydrogens is 362 g/mol. The van der Waals surface area contributed by atoms with Gasteiger partial charge in [0, 0.05) is 12.1 Å². The van der Waals surface area contributed by atoms with Gasteiger partial charge in [-0.1, -0.05) is 17.8 Å². The fraction of sp³-hybridized carbons (Fsp3) is 0.550. The first-order valence-corrected chi connectivity index (χ1v) is 10.4. The second kappa shape index (κ2) is 8.78. The highest BCUT2D eigenvalue weighted by atomic mass is 32.2. The first-order valence-electron chi connectivity index (χ1n) is 9.40. The zero-order valence-electron chi connectivity index (χ0n) is 16.4. The maximum Gasteiger partial charge on any atom is 0.277 e. The average Bonchev–Trinajstić information content (AvgIpc) is 3.05. The molecule has 1 fully saturated rings. The van der Waals surface area contributed by atoms with Gasteiger partial charge in [0.25, 0.3) is 11.1 Å². The molecule has 0 radical (unpaired) electrons. The fourth-order valence-electron chi connectivity index (χ4n) is 3.63. The van der Waals surface area contributed by atoms with Crippen molar-refractivity contribution in [3.8, 4) is 5.75 Å². The Hall–Kier alpha value is -2.02. The summed E-state index contributed by atoms with van der Waals surface area (Å²) in [6.07, 6.45) is 3.33. The standard InChI is InChI=1S/C20H27N3O3S/c1-13-8-14(2)10-17(9-13)25-11-18-21-22-20(26-18)27-12-19(24)23-15(3)6-5-7-16(23)4/h8-10,15-16H,5-7,11-12H2,1-4H3. The minimum atomic E-state index is 0.130. The molecule has 7 heteroatoms. The topological polar surface area (TPSA) is 68.5 Å². The van der Waals surface area contributed by atoms with E-state index in [0.29, 0.717) is 29.0 Å². The molecule has 146 valence electrons. The summed E-state index contributed by atoms with van der Waals surface area (Å²) >= 11 is 1.29. The van der Waals surface area contributed by atoms with E-state index in [2.05, 4.69) is 30.1 Å². The fourth-order valence-corrected chi connectivity index (χ4v) is 4.28. The number of hydrogen-bond acceptors (Lipinski definition) is 6. The molecule has 3 rings (SSSR count). The average molecular weight is 390 g/mol. The number of nitrogens with zero attached hydrogens (tertiary/aromatic N) is 3. The molecule has 0 saturated carbocycles. The van der Waals surface area contributed by atoms with Crippen LogP contribution in [0, 0.1) is 13.8 Å². The Morgan fingerprint density at radius 3 is 2.52 bits per heavy atom. The summed E-state index contributed by atoms with van der Waals surface area (Å²) in [5, 5.41) is 8.43. The number of hydrogen-bond donors (Lipinski definition) is 0. The molecule has 0 spiro atoms. The number of likely N-dealkylation sites (tertiary alicyclic amines) is 1. The van der Waals surface area contributed by atoms with E-state index in [-0.39, 0.29) is 12.5 Å². The van der Waals surface area contributed by atoms with Gasteiger partial charge in [-0.2, -0.15) is 0 Å². The van der Waals surface area contributed by atoms with Gasteiger partial charge < -0.3 is 14.1 Å². The Balaban J connectivity index is 1.51. The number of rotatable bonds is 6. The molecule has 1 aromatic heterocycles. The number of carbonyl (C=O) groups is 1. The van der Waals surface area contributed by atoms with Crippen LogP contribution in [0.5, 0.6) is 5.75 Å². The molecule has 2 heterocycles. The summed E-state index contributed by atoms with van der Waals surface area (Å²) in [5.41, 5.74) is 2.29. The quantitative estimate of drug-likeness (QED) is 0.692. The Kier molecular flexibility index (Phi) is 6.42. The smallest absolute Gasteiger partial charge is 0.277 e. The summed E-state index contributed by atoms with van der Waals surface area (Å²) in [7, 11) is 0. The van der Waals surface area contributed by atoms with Gasteiger partial charge in [0.15, 0.2) is 6.61 Å². The summed E-state index contributed by atoms with van der Waals surface area (Å²) in [4.78, 5) is 14.6. The molecule has 1 aromatic carbocycles. The third-order valence-electron chi connectivity index (χ3n) is 4.81. The number of carbonyl (C=O) groups excluding carboxylic acids is 1. The predicted octanol–water partition coefficient (Wildman–Crippen LogP) is 4.15. The van der Waals surface area contributed by atoms with Crippen LogP contribution < -0.4 is 4.74 Å². The van der Waals surface area contributed by atoms with Gasteiger partial charge in [0.1, 0.15) is 5.75 Å². The van der Waals surface area contributed by atoms with Crippen LogP contribution in [0.1, 0.15) is 50.1 Å². The summed E-state index contributed by atoms with van der Waals surface area (Å²) in [6.45, 7) is 8.51. The van der Waals surface area contributed by atoms with Crippen molar-refractivity contribution in [3.63, 3.8) is 0 Å². The van der Waals surface area contributed by atoms with E-state index < -0.39 is 0 Å². The Labute approximate surface area is 164 Å². The normalized spacial score (nSPS) is 19.9. The van der Waals surface area contributed by atoms with Crippen molar-refractivity contribution in [2.75, 3.05) is 5.75 Å². The largest absolute Gasteiger partial charge is 0.484 e. The first-order chi connectivity index (χ1) is 12.9. The van der Waals surface area contributed by atoms with Crippen LogP contribution in [0.3, 0.4) is 0 Å². The number of amides is 1. The second-order valence-electron chi connectivity index (χ2n) is 7.29. The number of ether oxygens (including phenoxy) is 1. The van der Waals surface area contributed by atoms with Crippen molar-refractivity contribution in [3.05, 3.63) is 35.2 Å². The number of benzene rings is 1. The van der Waals surface area contributed by atoms with Crippen LogP contribution in [-0.4, -0.2) is 38.8 Å². The highest BCUT2D eigenvalue weighted by molar-refractivity contribution is 7.99. The molecule has 0 bridgehead atoms. The number of thioether (sulfide) groups is 1. The molecule has 1 amide bonds. The predicted molar refractivity (Wildman–Crippen MR) is 105 cm³/mol. The van der Waals surface area contributed by atoms with Gasteiger partial charge >= 0.3 is 0 Å². The summed E-state index contributed by atoms with van der Waals surface area (Å²) in [6, 6.07) is 6.63. The van der Waals surface area contributed by atoms with Gasteiger partial charge in [-0.25, -0.2) is 0 Å². The molecule has 27 heavy (non-hydrogen) atoms. The monoisotopic (exact) mass is 389 g/mol. The van der Waals surface area contributed by atoms with E-state index in [1.54, 1.807) is 0 Å². The van der Waals surface area contributed by atoms with Gasteiger partial charge in [-0.3, -0.25) is 4.79 Å². The van der Waals surface area contributed by atoms with Crippen molar-refractivity contribution in [1.29, 1.82) is 0 Å². The van der Waals surface area contributed by atoms with Crippen molar-refractivity contribution in [2.45, 2.75) is 70.9 Å². The van der Waals surface area contributed by atoms with Crippen molar-refractivity contribution in [1.82, 2.24) is 15.1 Å². The third-order valence-corrected chi connectivity index (χ3v) is 5.61. The van der Waals surface area contributed by atoms with Crippen LogP contribution in [0.15, 0.2) is 27.8 Å². The lowest BCUT2D eigenvalue weighted by atomic mass is 9.98. The minimum Gasteiger partial charge on any atom is -0.484 e. The number of piperidine rings is 1. The Morgan fingerprint density at radius 1 is 1.19 bits per heavy atom. The van der Waals surface area contributed by atoms with Gasteiger partial charge in [0.05, 0.1) is 5.75 Å². The Bertz CT molecular complexity index is 762. The molecule has 1 aliphatic rings. The van der Waals surface area contributed by atoms with Gasteiger partial charge in [0.2, 0.25) is 5.91 Å². The SMILES string of the molecule is Cc1cc(C)cc(OCc2nnc(SCC(=O)N3C(C)CCCC3C)o2)c1. The van der Waals surface area contributed by atoms with E-state index in [1.807, 2.05) is 30.9 Å². The van der Waals surface area contributed by atoms with E-state index in [0.717, 1.165) is 29.7 Å². The molecule has 1 aliphatic heterocycles. The maximum absolute atomic E-state index is 12.6. The molecular formula is C20H27N3O3S. The van der Waals surface area contributed by atoms with Crippen molar-refractivity contribution < 1.29 is 13.9 Å². The molecule has 1 saturated heterocycles. The Morgan fingerprint density at radius 2 is 1.85 bits per heavy atom. The van der Waals surface area contributed by atoms with Crippen LogP contribution in [0.25, 0.3) is 0 Å². The highest BCUT2D eigenvalue weighted by Gasteiger charge is 2.29. The second-order valence-corrected chi connectivity index (χ2v) is 8.22. The van der Waals surface area contributed by atoms with Crippen LogP contribution in [-0.2, 0) is 11.4 Å². The number of aryl methyl sites for hydroxylation is 2.